The van der Waals surface area contributed by atoms with Crippen LogP contribution in [0.2, 0.25) is 0 Å². The fourth-order valence-electron chi connectivity index (χ4n) is 1.79. The quantitative estimate of drug-likeness (QED) is 0.586. The predicted molar refractivity (Wildman–Crippen MR) is 77.1 cm³/mol. The first kappa shape index (κ1) is 13.8. The van der Waals surface area contributed by atoms with Crippen molar-refractivity contribution in [2.24, 2.45) is 0 Å². The number of carbonyl (C=O) groups excluding carboxylic acids is 1. The first-order valence-electron chi connectivity index (χ1n) is 6.22. The van der Waals surface area contributed by atoms with Crippen LogP contribution in [0.1, 0.15) is 23.7 Å². The monoisotopic (exact) mass is 274 g/mol. The Hall–Kier alpha value is -1.61. The van der Waals surface area contributed by atoms with Gasteiger partial charge in [-0.1, -0.05) is 37.3 Å². The molecule has 0 aliphatic rings. The van der Waals surface area contributed by atoms with E-state index < -0.39 is 0 Å². The van der Waals surface area contributed by atoms with Gasteiger partial charge in [0.25, 0.3) is 0 Å². The van der Waals surface area contributed by atoms with Gasteiger partial charge in [-0.05, 0) is 30.7 Å². The van der Waals surface area contributed by atoms with Crippen molar-refractivity contribution in [1.29, 1.82) is 0 Å². The Bertz CT molecular complexity index is 536. The molecule has 0 aliphatic carbocycles. The van der Waals surface area contributed by atoms with E-state index >= 15 is 0 Å². The SMILES string of the molecule is CCC(Sc1ccc(F)cc1)C(=O)c1ccccc1. The molecular formula is C16H15FOS. The second-order valence-corrected chi connectivity index (χ2v) is 5.48. The topological polar surface area (TPSA) is 17.1 Å². The average molecular weight is 274 g/mol. The van der Waals surface area contributed by atoms with Crippen molar-refractivity contribution in [2.75, 3.05) is 0 Å². The number of hydrogen-bond acceptors (Lipinski definition) is 2. The molecule has 19 heavy (non-hydrogen) atoms. The lowest BCUT2D eigenvalue weighted by Crippen LogP contribution is -2.16. The summed E-state index contributed by atoms with van der Waals surface area (Å²) < 4.78 is 12.9. The number of hydrogen-bond donors (Lipinski definition) is 0. The van der Waals surface area contributed by atoms with Crippen LogP contribution in [0.25, 0.3) is 0 Å². The molecule has 3 heteroatoms. The molecule has 0 amide bonds. The Balaban J connectivity index is 2.12. The van der Waals surface area contributed by atoms with Crippen LogP contribution in [0.5, 0.6) is 0 Å². The summed E-state index contributed by atoms with van der Waals surface area (Å²) >= 11 is 1.48. The van der Waals surface area contributed by atoms with Gasteiger partial charge in [-0.2, -0.15) is 0 Å². The summed E-state index contributed by atoms with van der Waals surface area (Å²) in [7, 11) is 0. The Morgan fingerprint density at radius 2 is 1.74 bits per heavy atom. The van der Waals surface area contributed by atoms with E-state index in [0.717, 1.165) is 16.9 Å². The zero-order valence-corrected chi connectivity index (χ0v) is 11.5. The summed E-state index contributed by atoms with van der Waals surface area (Å²) in [5.41, 5.74) is 0.726. The molecule has 1 nitrogen and oxygen atoms in total. The maximum atomic E-state index is 12.9. The predicted octanol–water partition coefficient (Wildman–Crippen LogP) is 4.58. The van der Waals surface area contributed by atoms with Gasteiger partial charge in [0.1, 0.15) is 5.82 Å². The van der Waals surface area contributed by atoms with Crippen LogP contribution in [-0.4, -0.2) is 11.0 Å². The van der Waals surface area contributed by atoms with Gasteiger partial charge >= 0.3 is 0 Å². The Morgan fingerprint density at radius 3 is 2.32 bits per heavy atom. The number of benzene rings is 2. The molecule has 0 aromatic heterocycles. The van der Waals surface area contributed by atoms with Gasteiger partial charge in [0, 0.05) is 10.5 Å². The molecule has 0 saturated carbocycles. The minimum atomic E-state index is -0.258. The molecule has 0 N–H and O–H groups in total. The third-order valence-corrected chi connectivity index (χ3v) is 4.19. The molecule has 0 fully saturated rings. The second kappa shape index (κ2) is 6.53. The van der Waals surface area contributed by atoms with Crippen LogP contribution < -0.4 is 0 Å². The molecule has 1 unspecified atom stereocenters. The van der Waals surface area contributed by atoms with Gasteiger partial charge < -0.3 is 0 Å². The van der Waals surface area contributed by atoms with Gasteiger partial charge in [0.15, 0.2) is 5.78 Å². The van der Waals surface area contributed by atoms with Crippen molar-refractivity contribution in [3.63, 3.8) is 0 Å². The summed E-state index contributed by atoms with van der Waals surface area (Å²) in [6.45, 7) is 1.99. The zero-order chi connectivity index (χ0) is 13.7. The minimum absolute atomic E-state index is 0.123. The molecule has 2 aromatic carbocycles. The maximum Gasteiger partial charge on any atom is 0.176 e. The van der Waals surface area contributed by atoms with Crippen molar-refractivity contribution in [3.05, 3.63) is 66.0 Å². The molecule has 0 saturated heterocycles. The lowest BCUT2D eigenvalue weighted by Gasteiger charge is -2.13. The van der Waals surface area contributed by atoms with E-state index in [-0.39, 0.29) is 16.9 Å². The summed E-state index contributed by atoms with van der Waals surface area (Å²) in [6, 6.07) is 15.5. The van der Waals surface area contributed by atoms with Crippen LogP contribution in [0.3, 0.4) is 0 Å². The second-order valence-electron chi connectivity index (χ2n) is 4.20. The van der Waals surface area contributed by atoms with E-state index in [0.29, 0.717) is 0 Å². The first-order chi connectivity index (χ1) is 9.20. The van der Waals surface area contributed by atoms with Crippen LogP contribution in [0, 0.1) is 5.82 Å². The molecule has 0 aliphatic heterocycles. The largest absolute Gasteiger partial charge is 0.293 e. The van der Waals surface area contributed by atoms with Gasteiger partial charge in [0.2, 0.25) is 0 Å². The maximum absolute atomic E-state index is 12.9. The van der Waals surface area contributed by atoms with Gasteiger partial charge in [-0.25, -0.2) is 4.39 Å². The highest BCUT2D eigenvalue weighted by atomic mass is 32.2. The van der Waals surface area contributed by atoms with E-state index in [9.17, 15) is 9.18 Å². The van der Waals surface area contributed by atoms with Crippen LogP contribution in [0.4, 0.5) is 4.39 Å². The molecular weight excluding hydrogens is 259 g/mol. The number of ketones is 1. The number of carbonyl (C=O) groups is 1. The molecule has 2 aromatic rings. The van der Waals surface area contributed by atoms with Crippen LogP contribution in [0.15, 0.2) is 59.5 Å². The fraction of sp³-hybridized carbons (Fsp3) is 0.188. The van der Waals surface area contributed by atoms with Gasteiger partial charge in [0.05, 0.1) is 5.25 Å². The summed E-state index contributed by atoms with van der Waals surface area (Å²) in [4.78, 5) is 13.3. The molecule has 1 atom stereocenters. The first-order valence-corrected chi connectivity index (χ1v) is 7.10. The van der Waals surface area contributed by atoms with Gasteiger partial charge in [-0.15, -0.1) is 11.8 Å². The molecule has 0 radical (unpaired) electrons. The Kier molecular flexibility index (Phi) is 4.74. The summed E-state index contributed by atoms with van der Waals surface area (Å²) in [5.74, 6) is -0.135. The van der Waals surface area contributed by atoms with E-state index in [1.165, 1.54) is 23.9 Å². The highest BCUT2D eigenvalue weighted by Gasteiger charge is 2.19. The fourth-order valence-corrected chi connectivity index (χ4v) is 2.82. The highest BCUT2D eigenvalue weighted by molar-refractivity contribution is 8.00. The van der Waals surface area contributed by atoms with Crippen molar-refractivity contribution < 1.29 is 9.18 Å². The number of Topliss-reactive ketones (excluding diaryl/α,β-unsaturated/α-hetero) is 1. The lowest BCUT2D eigenvalue weighted by molar-refractivity contribution is 0.0988. The number of halogens is 1. The molecule has 0 bridgehead atoms. The van der Waals surface area contributed by atoms with Crippen molar-refractivity contribution in [2.45, 2.75) is 23.5 Å². The van der Waals surface area contributed by atoms with Crippen molar-refractivity contribution in [1.82, 2.24) is 0 Å². The van der Waals surface area contributed by atoms with E-state index in [4.69, 9.17) is 0 Å². The lowest BCUT2D eigenvalue weighted by atomic mass is 10.1. The van der Waals surface area contributed by atoms with Crippen LogP contribution >= 0.6 is 11.8 Å². The number of thioether (sulfide) groups is 1. The van der Waals surface area contributed by atoms with E-state index in [1.807, 2.05) is 37.3 Å². The van der Waals surface area contributed by atoms with E-state index in [1.54, 1.807) is 12.1 Å². The van der Waals surface area contributed by atoms with Crippen molar-refractivity contribution >= 4 is 17.5 Å². The highest BCUT2D eigenvalue weighted by Crippen LogP contribution is 2.28. The smallest absolute Gasteiger partial charge is 0.176 e. The third-order valence-electron chi connectivity index (χ3n) is 2.81. The number of rotatable bonds is 5. The molecule has 98 valence electrons. The van der Waals surface area contributed by atoms with E-state index in [2.05, 4.69) is 0 Å². The Morgan fingerprint density at radius 1 is 1.11 bits per heavy atom. The Labute approximate surface area is 116 Å². The van der Waals surface area contributed by atoms with Gasteiger partial charge in [-0.3, -0.25) is 4.79 Å². The zero-order valence-electron chi connectivity index (χ0n) is 10.7. The summed E-state index contributed by atoms with van der Waals surface area (Å²) in [6.07, 6.45) is 0.746. The molecule has 0 spiro atoms. The third kappa shape index (κ3) is 3.67. The summed E-state index contributed by atoms with van der Waals surface area (Å²) in [5, 5.41) is -0.132. The normalized spacial score (nSPS) is 12.1. The molecule has 2 rings (SSSR count). The van der Waals surface area contributed by atoms with Crippen molar-refractivity contribution in [3.8, 4) is 0 Å². The van der Waals surface area contributed by atoms with Crippen LogP contribution in [-0.2, 0) is 0 Å². The standard InChI is InChI=1S/C16H15FOS/c1-2-15(16(18)12-6-4-3-5-7-12)19-14-10-8-13(17)9-11-14/h3-11,15H,2H2,1H3. The molecule has 0 heterocycles. The average Bonchev–Trinajstić information content (AvgIpc) is 2.47. The minimum Gasteiger partial charge on any atom is -0.293 e.